The summed E-state index contributed by atoms with van der Waals surface area (Å²) in [6.45, 7) is 5.60. The second-order valence-electron chi connectivity index (χ2n) is 6.26. The predicted molar refractivity (Wildman–Crippen MR) is 96.2 cm³/mol. The Morgan fingerprint density at radius 1 is 1.17 bits per heavy atom. The molecule has 1 aliphatic rings. The van der Waals surface area contributed by atoms with Crippen LogP contribution in [0.2, 0.25) is 0 Å². The van der Waals surface area contributed by atoms with Crippen molar-refractivity contribution in [2.45, 2.75) is 33.1 Å². The summed E-state index contributed by atoms with van der Waals surface area (Å²) < 4.78 is 0. The molecule has 3 nitrogen and oxygen atoms in total. The van der Waals surface area contributed by atoms with E-state index in [1.54, 1.807) is 0 Å². The summed E-state index contributed by atoms with van der Waals surface area (Å²) in [6.07, 6.45) is 3.22. The molecule has 1 amide bonds. The van der Waals surface area contributed by atoms with Crippen LogP contribution in [-0.4, -0.2) is 19.0 Å². The summed E-state index contributed by atoms with van der Waals surface area (Å²) >= 11 is 0. The lowest BCUT2D eigenvalue weighted by Crippen LogP contribution is -2.36. The van der Waals surface area contributed by atoms with Gasteiger partial charge in [0.05, 0.1) is 6.54 Å². The Bertz CT molecular complexity index is 691. The SMILES string of the molecule is CCc1ccc(NC(=O)CN2CCCc3cc(C)ccc32)cc1. The number of fused-ring (bicyclic) bond motifs is 1. The van der Waals surface area contributed by atoms with E-state index in [4.69, 9.17) is 0 Å². The highest BCUT2D eigenvalue weighted by Crippen LogP contribution is 2.27. The van der Waals surface area contributed by atoms with Gasteiger partial charge in [-0.2, -0.15) is 0 Å². The van der Waals surface area contributed by atoms with Crippen molar-refractivity contribution in [3.05, 3.63) is 59.2 Å². The van der Waals surface area contributed by atoms with Crippen molar-refractivity contribution >= 4 is 17.3 Å². The summed E-state index contributed by atoms with van der Waals surface area (Å²) in [5, 5.41) is 3.00. The first kappa shape index (κ1) is 15.6. The molecule has 3 rings (SSSR count). The maximum absolute atomic E-state index is 12.4. The lowest BCUT2D eigenvalue weighted by molar-refractivity contribution is -0.115. The Morgan fingerprint density at radius 3 is 2.70 bits per heavy atom. The van der Waals surface area contributed by atoms with Gasteiger partial charge in [0, 0.05) is 17.9 Å². The Morgan fingerprint density at radius 2 is 1.96 bits per heavy atom. The molecule has 0 bridgehead atoms. The Hall–Kier alpha value is -2.29. The van der Waals surface area contributed by atoms with Gasteiger partial charge in [-0.15, -0.1) is 0 Å². The van der Waals surface area contributed by atoms with Crippen LogP contribution in [0, 0.1) is 6.92 Å². The average molecular weight is 308 g/mol. The molecule has 0 fully saturated rings. The molecule has 0 spiro atoms. The normalized spacial score (nSPS) is 13.6. The largest absolute Gasteiger partial charge is 0.362 e. The summed E-state index contributed by atoms with van der Waals surface area (Å²) in [5.41, 5.74) is 6.00. The molecule has 3 heteroatoms. The number of hydrogen-bond acceptors (Lipinski definition) is 2. The third-order valence-corrected chi connectivity index (χ3v) is 4.43. The number of nitrogens with zero attached hydrogens (tertiary/aromatic N) is 1. The van der Waals surface area contributed by atoms with Crippen molar-refractivity contribution < 1.29 is 4.79 Å². The van der Waals surface area contributed by atoms with Crippen LogP contribution in [0.3, 0.4) is 0 Å². The van der Waals surface area contributed by atoms with Gasteiger partial charge in [0.25, 0.3) is 0 Å². The zero-order valence-corrected chi connectivity index (χ0v) is 13.9. The molecule has 0 radical (unpaired) electrons. The van der Waals surface area contributed by atoms with E-state index in [0.717, 1.165) is 31.5 Å². The molecule has 0 saturated heterocycles. The number of anilines is 2. The van der Waals surface area contributed by atoms with Crippen LogP contribution >= 0.6 is 0 Å². The molecule has 120 valence electrons. The predicted octanol–water partition coefficient (Wildman–Crippen LogP) is 3.95. The van der Waals surface area contributed by atoms with E-state index in [-0.39, 0.29) is 5.91 Å². The molecular formula is C20H24N2O. The fourth-order valence-corrected chi connectivity index (χ4v) is 3.17. The van der Waals surface area contributed by atoms with E-state index < -0.39 is 0 Å². The van der Waals surface area contributed by atoms with Crippen LogP contribution in [-0.2, 0) is 17.6 Å². The minimum Gasteiger partial charge on any atom is -0.362 e. The number of nitrogens with one attached hydrogen (secondary N) is 1. The molecular weight excluding hydrogens is 284 g/mol. The van der Waals surface area contributed by atoms with Crippen LogP contribution in [0.5, 0.6) is 0 Å². The number of hydrogen-bond donors (Lipinski definition) is 1. The molecule has 0 saturated carbocycles. The Kier molecular flexibility index (Phi) is 4.65. The van der Waals surface area contributed by atoms with Gasteiger partial charge in [-0.25, -0.2) is 0 Å². The van der Waals surface area contributed by atoms with Gasteiger partial charge in [-0.1, -0.05) is 36.8 Å². The minimum atomic E-state index is 0.0441. The van der Waals surface area contributed by atoms with Crippen molar-refractivity contribution in [3.63, 3.8) is 0 Å². The number of rotatable bonds is 4. The summed E-state index contributed by atoms with van der Waals surface area (Å²) in [7, 11) is 0. The highest BCUT2D eigenvalue weighted by Gasteiger charge is 2.19. The van der Waals surface area contributed by atoms with Crippen molar-refractivity contribution in [1.82, 2.24) is 0 Å². The van der Waals surface area contributed by atoms with E-state index in [1.807, 2.05) is 12.1 Å². The van der Waals surface area contributed by atoms with Gasteiger partial charge in [-0.05, 0) is 55.5 Å². The summed E-state index contributed by atoms with van der Waals surface area (Å²) in [5.74, 6) is 0.0441. The van der Waals surface area contributed by atoms with Crippen molar-refractivity contribution in [1.29, 1.82) is 0 Å². The summed E-state index contributed by atoms with van der Waals surface area (Å²) in [4.78, 5) is 14.5. The summed E-state index contributed by atoms with van der Waals surface area (Å²) in [6, 6.07) is 14.6. The number of benzene rings is 2. The molecule has 0 atom stereocenters. The Labute approximate surface area is 138 Å². The van der Waals surface area contributed by atoms with Crippen LogP contribution in [0.15, 0.2) is 42.5 Å². The van der Waals surface area contributed by atoms with E-state index in [2.05, 4.69) is 54.4 Å². The van der Waals surface area contributed by atoms with Gasteiger partial charge in [-0.3, -0.25) is 4.79 Å². The fourth-order valence-electron chi connectivity index (χ4n) is 3.17. The van der Waals surface area contributed by atoms with Crippen molar-refractivity contribution in [2.24, 2.45) is 0 Å². The highest BCUT2D eigenvalue weighted by molar-refractivity contribution is 5.94. The molecule has 2 aromatic carbocycles. The van der Waals surface area contributed by atoms with Crippen LogP contribution < -0.4 is 10.2 Å². The first-order valence-corrected chi connectivity index (χ1v) is 8.39. The van der Waals surface area contributed by atoms with Crippen molar-refractivity contribution in [2.75, 3.05) is 23.3 Å². The van der Waals surface area contributed by atoms with Gasteiger partial charge in [0.15, 0.2) is 0 Å². The molecule has 1 N–H and O–H groups in total. The van der Waals surface area contributed by atoms with Gasteiger partial charge >= 0.3 is 0 Å². The molecule has 0 aliphatic carbocycles. The lowest BCUT2D eigenvalue weighted by atomic mass is 9.99. The van der Waals surface area contributed by atoms with Gasteiger partial charge < -0.3 is 10.2 Å². The molecule has 2 aromatic rings. The number of aryl methyl sites for hydroxylation is 3. The molecule has 1 aliphatic heterocycles. The first-order chi connectivity index (χ1) is 11.2. The van der Waals surface area contributed by atoms with Crippen LogP contribution in [0.4, 0.5) is 11.4 Å². The maximum atomic E-state index is 12.4. The monoisotopic (exact) mass is 308 g/mol. The number of carbonyl (C=O) groups is 1. The minimum absolute atomic E-state index is 0.0441. The van der Waals surface area contributed by atoms with Crippen LogP contribution in [0.1, 0.15) is 30.0 Å². The fraction of sp³-hybridized carbons (Fsp3) is 0.350. The van der Waals surface area contributed by atoms with Gasteiger partial charge in [0.2, 0.25) is 5.91 Å². The van der Waals surface area contributed by atoms with E-state index >= 15 is 0 Å². The quantitative estimate of drug-likeness (QED) is 0.927. The zero-order chi connectivity index (χ0) is 16.2. The molecule has 0 unspecified atom stereocenters. The molecule has 23 heavy (non-hydrogen) atoms. The van der Waals surface area contributed by atoms with E-state index in [9.17, 15) is 4.79 Å². The van der Waals surface area contributed by atoms with Crippen molar-refractivity contribution in [3.8, 4) is 0 Å². The maximum Gasteiger partial charge on any atom is 0.243 e. The Balaban J connectivity index is 1.66. The third-order valence-electron chi connectivity index (χ3n) is 4.43. The number of carbonyl (C=O) groups excluding carboxylic acids is 1. The van der Waals surface area contributed by atoms with Crippen LogP contribution in [0.25, 0.3) is 0 Å². The average Bonchev–Trinajstić information content (AvgIpc) is 2.55. The van der Waals surface area contributed by atoms with E-state index in [0.29, 0.717) is 6.54 Å². The van der Waals surface area contributed by atoms with Gasteiger partial charge in [0.1, 0.15) is 0 Å². The first-order valence-electron chi connectivity index (χ1n) is 8.39. The standard InChI is InChI=1S/C20H24N2O/c1-3-16-7-9-18(10-8-16)21-20(23)14-22-12-4-5-17-13-15(2)6-11-19(17)22/h6-11,13H,3-5,12,14H2,1-2H3,(H,21,23). The molecule has 0 aromatic heterocycles. The second-order valence-corrected chi connectivity index (χ2v) is 6.26. The lowest BCUT2D eigenvalue weighted by Gasteiger charge is -2.31. The second kappa shape index (κ2) is 6.86. The number of amides is 1. The zero-order valence-electron chi connectivity index (χ0n) is 13.9. The topological polar surface area (TPSA) is 32.3 Å². The highest BCUT2D eigenvalue weighted by atomic mass is 16.2. The third kappa shape index (κ3) is 3.73. The van der Waals surface area contributed by atoms with E-state index in [1.165, 1.54) is 22.4 Å². The smallest absolute Gasteiger partial charge is 0.243 e. The molecule has 1 heterocycles.